The summed E-state index contributed by atoms with van der Waals surface area (Å²) in [6.45, 7) is 8.91. The lowest BCUT2D eigenvalue weighted by Crippen LogP contribution is -2.56. The van der Waals surface area contributed by atoms with Gasteiger partial charge in [-0.1, -0.05) is 53.4 Å². The molecule has 7 heteroatoms. The molecular weight excluding hydrogens is 388 g/mol. The van der Waals surface area contributed by atoms with E-state index in [0.717, 1.165) is 0 Å². The third kappa shape index (κ3) is 4.74. The van der Waals surface area contributed by atoms with Gasteiger partial charge in [-0.25, -0.2) is 0 Å². The fourth-order valence-electron chi connectivity index (χ4n) is 5.81. The van der Waals surface area contributed by atoms with Crippen molar-refractivity contribution in [3.8, 4) is 0 Å². The summed E-state index contributed by atoms with van der Waals surface area (Å²) in [6, 6.07) is 0.458. The molecule has 0 radical (unpaired) electrons. The van der Waals surface area contributed by atoms with Gasteiger partial charge in [0.1, 0.15) is 0 Å². The van der Waals surface area contributed by atoms with E-state index in [1.54, 1.807) is 21.3 Å². The highest BCUT2D eigenvalue weighted by molar-refractivity contribution is 6.80. The third-order valence-electron chi connectivity index (χ3n) is 7.26. The van der Waals surface area contributed by atoms with Crippen LogP contribution in [0.15, 0.2) is 0 Å². The Labute approximate surface area is 174 Å². The van der Waals surface area contributed by atoms with Gasteiger partial charge in [0.25, 0.3) is 14.3 Å². The Kier molecular flexibility index (Phi) is 8.36. The van der Waals surface area contributed by atoms with E-state index < -0.39 is 17.1 Å². The average Bonchev–Trinajstić information content (AvgIpc) is 3.37. The van der Waals surface area contributed by atoms with Crippen molar-refractivity contribution in [2.45, 2.75) is 101 Å². The van der Waals surface area contributed by atoms with Crippen LogP contribution < -0.4 is 0 Å². The third-order valence-corrected chi connectivity index (χ3v) is 16.7. The van der Waals surface area contributed by atoms with Gasteiger partial charge in [-0.05, 0) is 41.8 Å². The molecule has 1 unspecified atom stereocenters. The Balaban J connectivity index is 2.29. The molecule has 0 aromatic rings. The van der Waals surface area contributed by atoms with Crippen LogP contribution in [-0.4, -0.2) is 44.4 Å². The Morgan fingerprint density at radius 3 is 1.61 bits per heavy atom. The van der Waals surface area contributed by atoms with E-state index in [2.05, 4.69) is 20.8 Å². The van der Waals surface area contributed by atoms with Crippen LogP contribution in [0.5, 0.6) is 0 Å². The van der Waals surface area contributed by atoms with Gasteiger partial charge in [-0.2, -0.15) is 0 Å². The van der Waals surface area contributed by atoms with Crippen LogP contribution in [-0.2, 0) is 22.5 Å². The Morgan fingerprint density at radius 2 is 1.29 bits per heavy atom. The summed E-state index contributed by atoms with van der Waals surface area (Å²) in [7, 11) is -0.333. The van der Waals surface area contributed by atoms with E-state index in [-0.39, 0.29) is 16.9 Å². The summed E-state index contributed by atoms with van der Waals surface area (Å²) >= 11 is 0. The lowest BCUT2D eigenvalue weighted by molar-refractivity contribution is -0.139. The number of rotatable bonds is 9. The zero-order valence-electron chi connectivity index (χ0n) is 19.1. The first-order valence-corrected chi connectivity index (χ1v) is 15.0. The van der Waals surface area contributed by atoms with E-state index in [1.807, 2.05) is 6.92 Å². The van der Waals surface area contributed by atoms with Crippen LogP contribution in [0.2, 0.25) is 22.2 Å². The molecule has 2 rings (SSSR count). The molecule has 0 amide bonds. The molecule has 2 aliphatic carbocycles. The second-order valence-electron chi connectivity index (χ2n) is 9.83. The Bertz CT molecular complexity index is 479. The summed E-state index contributed by atoms with van der Waals surface area (Å²) < 4.78 is 23.4. The molecule has 0 spiro atoms. The van der Waals surface area contributed by atoms with E-state index in [0.29, 0.717) is 17.1 Å². The second kappa shape index (κ2) is 9.73. The van der Waals surface area contributed by atoms with Crippen LogP contribution in [0, 0.1) is 5.92 Å². The molecule has 1 atom stereocenters. The fraction of sp³-hybridized carbons (Fsp3) is 0.952. The molecule has 0 bridgehead atoms. The van der Waals surface area contributed by atoms with Crippen molar-refractivity contribution in [1.82, 2.24) is 0 Å². The molecular formula is C21H42O5Si2. The summed E-state index contributed by atoms with van der Waals surface area (Å²) in [6.07, 6.45) is 10.0. The van der Waals surface area contributed by atoms with Gasteiger partial charge < -0.3 is 17.7 Å². The maximum atomic E-state index is 13.4. The van der Waals surface area contributed by atoms with Crippen LogP contribution in [0.1, 0.15) is 79.1 Å². The van der Waals surface area contributed by atoms with Gasteiger partial charge in [-0.3, -0.25) is 4.79 Å². The Morgan fingerprint density at radius 1 is 0.893 bits per heavy atom. The quantitative estimate of drug-likeness (QED) is 0.441. The van der Waals surface area contributed by atoms with Crippen LogP contribution in [0.25, 0.3) is 0 Å². The molecule has 164 valence electrons. The monoisotopic (exact) mass is 430 g/mol. The first kappa shape index (κ1) is 24.1. The summed E-state index contributed by atoms with van der Waals surface area (Å²) in [5.41, 5.74) is 1.20. The smallest absolute Gasteiger partial charge is 0.501 e. The maximum absolute atomic E-state index is 13.4. The molecule has 0 aliphatic heterocycles. The molecule has 0 N–H and O–H groups in total. The molecule has 0 aromatic carbocycles. The van der Waals surface area contributed by atoms with E-state index in [9.17, 15) is 4.79 Å². The van der Waals surface area contributed by atoms with Crippen molar-refractivity contribution < 1.29 is 22.5 Å². The van der Waals surface area contributed by atoms with Gasteiger partial charge in [-0.15, -0.1) is 0 Å². The molecule has 0 heterocycles. The molecule has 0 aromatic heterocycles. The van der Waals surface area contributed by atoms with Gasteiger partial charge in [0.05, 0.1) is 5.92 Å². The first-order valence-electron chi connectivity index (χ1n) is 11.0. The Hall–Kier alpha value is -0.216. The average molecular weight is 431 g/mol. The van der Waals surface area contributed by atoms with Gasteiger partial charge in [0.2, 0.25) is 0 Å². The molecule has 28 heavy (non-hydrogen) atoms. The number of hydrogen-bond acceptors (Lipinski definition) is 5. The lowest BCUT2D eigenvalue weighted by atomic mass is 10.2. The highest BCUT2D eigenvalue weighted by atomic mass is 28.4. The van der Waals surface area contributed by atoms with Crippen molar-refractivity contribution in [1.29, 1.82) is 0 Å². The zero-order valence-corrected chi connectivity index (χ0v) is 21.1. The summed E-state index contributed by atoms with van der Waals surface area (Å²) in [4.78, 5) is 13.4. The minimum absolute atomic E-state index is 0.0463. The van der Waals surface area contributed by atoms with Gasteiger partial charge in [0, 0.05) is 27.4 Å². The standard InChI is InChI=1S/C21H42O5Si2/c1-17(16-27(23-5,24-6)25-7)20(22)26-28(21(2,3)4,18-12-8-9-13-18)19-14-10-11-15-19/h17-19H,8-16H2,1-7H3. The van der Waals surface area contributed by atoms with E-state index in [1.165, 1.54) is 51.4 Å². The van der Waals surface area contributed by atoms with Crippen molar-refractivity contribution in [3.63, 3.8) is 0 Å². The predicted octanol–water partition coefficient (Wildman–Crippen LogP) is 5.68. The topological polar surface area (TPSA) is 54.0 Å². The number of carbonyl (C=O) groups excluding carboxylic acids is 1. The highest BCUT2D eigenvalue weighted by Gasteiger charge is 2.61. The van der Waals surface area contributed by atoms with Gasteiger partial charge in [0.15, 0.2) is 0 Å². The molecule has 2 aliphatic rings. The van der Waals surface area contributed by atoms with Crippen LogP contribution >= 0.6 is 0 Å². The highest BCUT2D eigenvalue weighted by Crippen LogP contribution is 2.60. The minimum Gasteiger partial charge on any atom is -0.518 e. The van der Waals surface area contributed by atoms with Crippen molar-refractivity contribution >= 4 is 23.1 Å². The largest absolute Gasteiger partial charge is 0.518 e. The van der Waals surface area contributed by atoms with Gasteiger partial charge >= 0.3 is 8.80 Å². The normalized spacial score (nSPS) is 21.2. The van der Waals surface area contributed by atoms with Crippen molar-refractivity contribution in [2.24, 2.45) is 5.92 Å². The minimum atomic E-state index is -2.81. The molecule has 2 fully saturated rings. The summed E-state index contributed by atoms with van der Waals surface area (Å²) in [5.74, 6) is -0.355. The van der Waals surface area contributed by atoms with E-state index >= 15 is 0 Å². The van der Waals surface area contributed by atoms with Crippen molar-refractivity contribution in [2.75, 3.05) is 21.3 Å². The van der Waals surface area contributed by atoms with Crippen molar-refractivity contribution in [3.05, 3.63) is 0 Å². The second-order valence-corrected chi connectivity index (χ2v) is 17.7. The SMILES string of the molecule is CO[Si](CC(C)C(=O)O[Si](C1CCCC1)(C1CCCC1)C(C)(C)C)(OC)OC. The molecule has 0 saturated heterocycles. The van der Waals surface area contributed by atoms with Crippen LogP contribution in [0.4, 0.5) is 0 Å². The predicted molar refractivity (Wildman–Crippen MR) is 117 cm³/mol. The molecule has 2 saturated carbocycles. The first-order chi connectivity index (χ1) is 13.2. The number of hydrogen-bond donors (Lipinski definition) is 0. The maximum Gasteiger partial charge on any atom is 0.501 e. The lowest BCUT2D eigenvalue weighted by Gasteiger charge is -2.50. The fourth-order valence-corrected chi connectivity index (χ4v) is 14.6. The van der Waals surface area contributed by atoms with Crippen LogP contribution in [0.3, 0.4) is 0 Å². The van der Waals surface area contributed by atoms with E-state index in [4.69, 9.17) is 17.7 Å². The summed E-state index contributed by atoms with van der Waals surface area (Å²) in [5, 5.41) is 0.0463. The number of carbonyl (C=O) groups is 1. The zero-order chi connectivity index (χ0) is 21.0. The molecule has 5 nitrogen and oxygen atoms in total.